The number of nitrogens with one attached hydrogen (secondary N) is 1. The van der Waals surface area contributed by atoms with Gasteiger partial charge in [0.2, 0.25) is 5.91 Å². The van der Waals surface area contributed by atoms with Crippen molar-refractivity contribution in [3.63, 3.8) is 0 Å². The van der Waals surface area contributed by atoms with E-state index in [0.717, 1.165) is 64.2 Å². The highest BCUT2D eigenvalue weighted by Gasteiger charge is 2.44. The molecule has 0 radical (unpaired) electrons. The topological polar surface area (TPSA) is 175 Å². The van der Waals surface area contributed by atoms with Crippen LogP contribution in [0.1, 0.15) is 431 Å². The maximum atomic E-state index is 13.1. The number of unbranched alkanes of at least 4 members (excludes halogenated alkanes) is 58. The van der Waals surface area contributed by atoms with Gasteiger partial charge in [-0.1, -0.05) is 397 Å². The molecule has 0 spiro atoms. The standard InChI is InChI=1S/C85H161NO10/c1-3-5-7-9-11-13-15-17-44-49-53-57-61-65-69-73-81(90)94-74-70-66-62-58-54-50-46-43-41-39-37-35-33-31-29-27-25-23-21-19-20-22-24-26-28-30-32-34-36-38-40-42-45-48-52-56-60-64-68-72-80(89)86-77(76-95-85-84(93)83(92)82(91)79(75-87)96-85)78(88)71-67-63-59-55-51-47-18-16-14-12-10-8-6-4-2/h14,16,51,55,67,71,77-79,82-85,87-88,91-93H,3-13,15,17-50,52-54,56-66,68-70,72-76H2,1-2H3,(H,86,89)/b16-14+,55-51+,71-67+. The highest BCUT2D eigenvalue weighted by atomic mass is 16.7. The maximum Gasteiger partial charge on any atom is 0.305 e. The summed E-state index contributed by atoms with van der Waals surface area (Å²) >= 11 is 0. The van der Waals surface area contributed by atoms with E-state index < -0.39 is 49.5 Å². The predicted molar refractivity (Wildman–Crippen MR) is 407 cm³/mol. The van der Waals surface area contributed by atoms with Crippen LogP contribution in [0.5, 0.6) is 0 Å². The van der Waals surface area contributed by atoms with Gasteiger partial charge in [0.25, 0.3) is 0 Å². The Morgan fingerprint density at radius 2 is 0.677 bits per heavy atom. The summed E-state index contributed by atoms with van der Waals surface area (Å²) in [6, 6.07) is -0.830. The highest BCUT2D eigenvalue weighted by Crippen LogP contribution is 2.24. The van der Waals surface area contributed by atoms with E-state index in [-0.39, 0.29) is 18.5 Å². The van der Waals surface area contributed by atoms with Gasteiger partial charge in [0, 0.05) is 12.8 Å². The molecule has 1 aliphatic rings. The number of allylic oxidation sites excluding steroid dienone is 5. The first kappa shape index (κ1) is 91.9. The molecular weight excluding hydrogens is 1190 g/mol. The fourth-order valence-electron chi connectivity index (χ4n) is 13.7. The molecule has 1 aliphatic heterocycles. The normalized spacial score (nSPS) is 17.4. The Bertz CT molecular complexity index is 1690. The van der Waals surface area contributed by atoms with Crippen molar-refractivity contribution in [2.24, 2.45) is 0 Å². The smallest absolute Gasteiger partial charge is 0.305 e. The fourth-order valence-corrected chi connectivity index (χ4v) is 13.7. The number of hydrogen-bond acceptors (Lipinski definition) is 10. The van der Waals surface area contributed by atoms with Crippen LogP contribution in [0, 0.1) is 0 Å². The van der Waals surface area contributed by atoms with Gasteiger partial charge in [0.1, 0.15) is 24.4 Å². The van der Waals surface area contributed by atoms with E-state index >= 15 is 0 Å². The number of aliphatic hydroxyl groups is 5. The first-order chi connectivity index (χ1) is 47.2. The lowest BCUT2D eigenvalue weighted by molar-refractivity contribution is -0.302. The minimum Gasteiger partial charge on any atom is -0.466 e. The first-order valence-electron chi connectivity index (χ1n) is 42.3. The molecule has 0 aromatic rings. The molecule has 11 heteroatoms. The van der Waals surface area contributed by atoms with E-state index in [2.05, 4.69) is 43.5 Å². The van der Waals surface area contributed by atoms with Crippen LogP contribution in [0.15, 0.2) is 36.5 Å². The molecule has 1 saturated heterocycles. The molecule has 1 fully saturated rings. The van der Waals surface area contributed by atoms with E-state index in [9.17, 15) is 35.1 Å². The Balaban J connectivity index is 1.87. The van der Waals surface area contributed by atoms with Crippen molar-refractivity contribution in [1.82, 2.24) is 5.32 Å². The van der Waals surface area contributed by atoms with E-state index in [4.69, 9.17) is 14.2 Å². The van der Waals surface area contributed by atoms with Gasteiger partial charge in [0.15, 0.2) is 6.29 Å². The number of carbonyl (C=O) groups excluding carboxylic acids is 2. The predicted octanol–water partition coefficient (Wildman–Crippen LogP) is 23.3. The third-order valence-electron chi connectivity index (χ3n) is 20.2. The fraction of sp³-hybridized carbons (Fsp3) is 0.906. The summed E-state index contributed by atoms with van der Waals surface area (Å²) in [7, 11) is 0. The van der Waals surface area contributed by atoms with Crippen LogP contribution in [-0.4, -0.2) is 100 Å². The molecule has 0 bridgehead atoms. The largest absolute Gasteiger partial charge is 0.466 e. The van der Waals surface area contributed by atoms with Gasteiger partial charge in [-0.2, -0.15) is 0 Å². The molecule has 6 N–H and O–H groups in total. The average Bonchev–Trinajstić information content (AvgIpc) is 0.842. The van der Waals surface area contributed by atoms with Gasteiger partial charge in [-0.05, 0) is 57.8 Å². The van der Waals surface area contributed by atoms with Gasteiger partial charge >= 0.3 is 5.97 Å². The lowest BCUT2D eigenvalue weighted by Gasteiger charge is -2.40. The summed E-state index contributed by atoms with van der Waals surface area (Å²) in [5.74, 6) is -0.166. The summed E-state index contributed by atoms with van der Waals surface area (Å²) in [5, 5.41) is 54.6. The molecule has 0 aromatic carbocycles. The van der Waals surface area contributed by atoms with Crippen LogP contribution in [0.25, 0.3) is 0 Å². The summed E-state index contributed by atoms with van der Waals surface area (Å²) in [5.41, 5.74) is 0. The molecule has 1 amide bonds. The molecule has 7 unspecified atom stereocenters. The molecule has 7 atom stereocenters. The number of amides is 1. The molecule has 1 heterocycles. The van der Waals surface area contributed by atoms with Gasteiger partial charge in [-0.3, -0.25) is 9.59 Å². The van der Waals surface area contributed by atoms with Crippen molar-refractivity contribution in [1.29, 1.82) is 0 Å². The second-order valence-electron chi connectivity index (χ2n) is 29.5. The van der Waals surface area contributed by atoms with Crippen molar-refractivity contribution >= 4 is 11.9 Å². The van der Waals surface area contributed by atoms with Gasteiger partial charge < -0.3 is 45.1 Å². The summed E-state index contributed by atoms with van der Waals surface area (Å²) in [6.07, 6.45) is 87.7. The SMILES string of the molecule is CCCCCC/C=C/CC/C=C/CC/C=C/C(O)C(COC1OC(CO)C(O)C(O)C1O)NC(=O)CCCCCCCCCCCCCCCCCCCCCCCCCCCCCCCCCCCCCCCCCOC(=O)CCCCCCCCCCCCCCCCC. The Kier molecular flexibility index (Phi) is 70.9. The van der Waals surface area contributed by atoms with E-state index in [1.165, 1.54) is 340 Å². The Hall–Kier alpha value is -2.12. The van der Waals surface area contributed by atoms with Gasteiger partial charge in [0.05, 0.1) is 32.0 Å². The average molecular weight is 1360 g/mol. The minimum absolute atomic E-state index is 0.0219. The van der Waals surface area contributed by atoms with Crippen LogP contribution in [0.3, 0.4) is 0 Å². The summed E-state index contributed by atoms with van der Waals surface area (Å²) in [6.45, 7) is 4.37. The van der Waals surface area contributed by atoms with Crippen LogP contribution >= 0.6 is 0 Å². The number of ether oxygens (including phenoxy) is 3. The van der Waals surface area contributed by atoms with Crippen LogP contribution in [0.2, 0.25) is 0 Å². The highest BCUT2D eigenvalue weighted by molar-refractivity contribution is 5.76. The molecule has 11 nitrogen and oxygen atoms in total. The minimum atomic E-state index is -1.58. The van der Waals surface area contributed by atoms with E-state index in [1.54, 1.807) is 6.08 Å². The number of hydrogen-bond donors (Lipinski definition) is 6. The molecule has 1 rings (SSSR count). The van der Waals surface area contributed by atoms with Crippen molar-refractivity contribution < 1.29 is 49.3 Å². The Morgan fingerprint density at radius 1 is 0.375 bits per heavy atom. The zero-order valence-electron chi connectivity index (χ0n) is 63.4. The van der Waals surface area contributed by atoms with Crippen LogP contribution < -0.4 is 5.32 Å². The molecular formula is C85H161NO10. The van der Waals surface area contributed by atoms with Crippen LogP contribution in [0.4, 0.5) is 0 Å². The molecule has 566 valence electrons. The molecule has 96 heavy (non-hydrogen) atoms. The lowest BCUT2D eigenvalue weighted by atomic mass is 9.99. The van der Waals surface area contributed by atoms with Crippen LogP contribution in [-0.2, 0) is 23.8 Å². The first-order valence-corrected chi connectivity index (χ1v) is 42.3. The molecule has 0 aliphatic carbocycles. The number of rotatable bonds is 76. The maximum absolute atomic E-state index is 13.1. The second-order valence-corrected chi connectivity index (χ2v) is 29.5. The molecule has 0 aromatic heterocycles. The van der Waals surface area contributed by atoms with E-state index in [1.807, 2.05) is 6.08 Å². The Morgan fingerprint density at radius 3 is 1.03 bits per heavy atom. The number of esters is 1. The monoisotopic (exact) mass is 1360 g/mol. The molecule has 0 saturated carbocycles. The van der Waals surface area contributed by atoms with Gasteiger partial charge in [-0.15, -0.1) is 0 Å². The zero-order chi connectivity index (χ0) is 69.4. The van der Waals surface area contributed by atoms with Crippen molar-refractivity contribution in [3.8, 4) is 0 Å². The van der Waals surface area contributed by atoms with Crippen molar-refractivity contribution in [3.05, 3.63) is 36.5 Å². The lowest BCUT2D eigenvalue weighted by Crippen LogP contribution is -2.60. The van der Waals surface area contributed by atoms with Gasteiger partial charge in [-0.25, -0.2) is 0 Å². The summed E-state index contributed by atoms with van der Waals surface area (Å²) < 4.78 is 16.8. The Labute approximate surface area is 594 Å². The third-order valence-corrected chi connectivity index (χ3v) is 20.2. The summed E-state index contributed by atoms with van der Waals surface area (Å²) in [4.78, 5) is 25.2. The number of carbonyl (C=O) groups is 2. The zero-order valence-corrected chi connectivity index (χ0v) is 63.4. The quantitative estimate of drug-likeness (QED) is 0.0195. The second kappa shape index (κ2) is 74.1. The van der Waals surface area contributed by atoms with Crippen molar-refractivity contribution in [2.75, 3.05) is 19.8 Å². The van der Waals surface area contributed by atoms with E-state index in [0.29, 0.717) is 19.4 Å². The third kappa shape index (κ3) is 61.7. The van der Waals surface area contributed by atoms with Crippen molar-refractivity contribution in [2.45, 2.75) is 474 Å². The number of aliphatic hydroxyl groups excluding tert-OH is 5.